The van der Waals surface area contributed by atoms with Crippen molar-refractivity contribution in [1.82, 2.24) is 9.97 Å². The van der Waals surface area contributed by atoms with Crippen LogP contribution < -0.4 is 16.0 Å². The lowest BCUT2D eigenvalue weighted by molar-refractivity contribution is 0.454. The summed E-state index contributed by atoms with van der Waals surface area (Å²) in [4.78, 5) is 7.74. The van der Waals surface area contributed by atoms with E-state index in [-0.39, 0.29) is 16.9 Å². The summed E-state index contributed by atoms with van der Waals surface area (Å²) in [5, 5.41) is 0.206. The summed E-state index contributed by atoms with van der Waals surface area (Å²) < 4.78 is 18.6. The van der Waals surface area contributed by atoms with Crippen molar-refractivity contribution in [2.45, 2.75) is 6.92 Å². The van der Waals surface area contributed by atoms with Crippen molar-refractivity contribution in [3.63, 3.8) is 0 Å². The van der Waals surface area contributed by atoms with Crippen molar-refractivity contribution in [2.75, 3.05) is 5.43 Å². The molecule has 0 bridgehead atoms. The SMILES string of the molecule is Cc1ccc(F)cc1Oc1nc(NN)ncc1Cl. The number of nitrogen functional groups attached to an aromatic ring is 1. The number of hydrogen-bond acceptors (Lipinski definition) is 5. The molecule has 94 valence electrons. The molecular formula is C11H10ClFN4O. The minimum atomic E-state index is -0.405. The van der Waals surface area contributed by atoms with E-state index in [0.717, 1.165) is 5.56 Å². The predicted octanol–water partition coefficient (Wildman–Crippen LogP) is 2.66. The maximum absolute atomic E-state index is 13.1. The number of halogens is 2. The number of ether oxygens (including phenoxy) is 1. The molecule has 0 aliphatic heterocycles. The smallest absolute Gasteiger partial charge is 0.243 e. The van der Waals surface area contributed by atoms with E-state index >= 15 is 0 Å². The highest BCUT2D eigenvalue weighted by Gasteiger charge is 2.10. The Morgan fingerprint density at radius 1 is 1.44 bits per heavy atom. The molecule has 5 nitrogen and oxygen atoms in total. The van der Waals surface area contributed by atoms with Crippen molar-refractivity contribution < 1.29 is 9.13 Å². The minimum Gasteiger partial charge on any atom is -0.437 e. The molecule has 0 saturated carbocycles. The van der Waals surface area contributed by atoms with Crippen LogP contribution >= 0.6 is 11.6 Å². The van der Waals surface area contributed by atoms with E-state index in [1.165, 1.54) is 18.3 Å². The van der Waals surface area contributed by atoms with E-state index in [9.17, 15) is 4.39 Å². The number of hydrazine groups is 1. The summed E-state index contributed by atoms with van der Waals surface area (Å²) in [6.07, 6.45) is 1.34. The Bertz CT molecular complexity index is 579. The Hall–Kier alpha value is -1.92. The summed E-state index contributed by atoms with van der Waals surface area (Å²) in [6, 6.07) is 4.20. The fourth-order valence-corrected chi connectivity index (χ4v) is 1.41. The molecule has 1 aromatic carbocycles. The van der Waals surface area contributed by atoms with Crippen molar-refractivity contribution in [3.8, 4) is 11.6 Å². The number of rotatable bonds is 3. The maximum Gasteiger partial charge on any atom is 0.243 e. The van der Waals surface area contributed by atoms with Gasteiger partial charge in [-0.25, -0.2) is 15.2 Å². The lowest BCUT2D eigenvalue weighted by Crippen LogP contribution is -2.10. The maximum atomic E-state index is 13.1. The van der Waals surface area contributed by atoms with Crippen LogP contribution in [0.2, 0.25) is 5.02 Å². The van der Waals surface area contributed by atoms with E-state index < -0.39 is 5.82 Å². The number of aromatic nitrogens is 2. The number of benzene rings is 1. The van der Waals surface area contributed by atoms with Gasteiger partial charge in [-0.1, -0.05) is 17.7 Å². The first-order chi connectivity index (χ1) is 8.60. The number of nitrogens with one attached hydrogen (secondary N) is 1. The van der Waals surface area contributed by atoms with E-state index in [4.69, 9.17) is 22.2 Å². The second kappa shape index (κ2) is 5.16. The third-order valence-electron chi connectivity index (χ3n) is 2.20. The van der Waals surface area contributed by atoms with E-state index in [1.54, 1.807) is 13.0 Å². The molecule has 1 heterocycles. The third kappa shape index (κ3) is 2.66. The monoisotopic (exact) mass is 268 g/mol. The third-order valence-corrected chi connectivity index (χ3v) is 2.46. The molecule has 0 spiro atoms. The van der Waals surface area contributed by atoms with Gasteiger partial charge >= 0.3 is 0 Å². The molecule has 0 aliphatic rings. The number of hydrogen-bond donors (Lipinski definition) is 2. The predicted molar refractivity (Wildman–Crippen MR) is 66.1 cm³/mol. The average Bonchev–Trinajstić information content (AvgIpc) is 2.36. The van der Waals surface area contributed by atoms with Gasteiger partial charge in [0, 0.05) is 6.07 Å². The second-order valence-corrected chi connectivity index (χ2v) is 3.91. The summed E-state index contributed by atoms with van der Waals surface area (Å²) in [6.45, 7) is 1.78. The van der Waals surface area contributed by atoms with E-state index in [0.29, 0.717) is 5.75 Å². The highest BCUT2D eigenvalue weighted by molar-refractivity contribution is 6.31. The van der Waals surface area contributed by atoms with Gasteiger partial charge < -0.3 is 4.74 Å². The molecule has 18 heavy (non-hydrogen) atoms. The Morgan fingerprint density at radius 2 is 2.22 bits per heavy atom. The van der Waals surface area contributed by atoms with Crippen molar-refractivity contribution in [1.29, 1.82) is 0 Å². The highest BCUT2D eigenvalue weighted by atomic mass is 35.5. The van der Waals surface area contributed by atoms with Crippen molar-refractivity contribution in [2.24, 2.45) is 5.84 Å². The lowest BCUT2D eigenvalue weighted by atomic mass is 10.2. The quantitative estimate of drug-likeness (QED) is 0.661. The molecule has 0 atom stereocenters. The van der Waals surface area contributed by atoms with Crippen LogP contribution in [-0.4, -0.2) is 9.97 Å². The molecular weight excluding hydrogens is 259 g/mol. The van der Waals surface area contributed by atoms with Crippen molar-refractivity contribution >= 4 is 17.5 Å². The van der Waals surface area contributed by atoms with Crippen LogP contribution in [0.5, 0.6) is 11.6 Å². The minimum absolute atomic E-state index is 0.105. The molecule has 3 N–H and O–H groups in total. The van der Waals surface area contributed by atoms with Gasteiger partial charge in [-0.15, -0.1) is 0 Å². The Morgan fingerprint density at radius 3 is 2.94 bits per heavy atom. The average molecular weight is 269 g/mol. The van der Waals surface area contributed by atoms with E-state index in [1.807, 2.05) is 0 Å². The Balaban J connectivity index is 2.36. The van der Waals surface area contributed by atoms with Gasteiger partial charge in [0.2, 0.25) is 11.8 Å². The van der Waals surface area contributed by atoms with Crippen LogP contribution in [0.1, 0.15) is 5.56 Å². The normalized spacial score (nSPS) is 10.2. The molecule has 0 fully saturated rings. The van der Waals surface area contributed by atoms with Gasteiger partial charge in [-0.2, -0.15) is 4.98 Å². The fourth-order valence-electron chi connectivity index (χ4n) is 1.28. The van der Waals surface area contributed by atoms with Gasteiger partial charge in [0.05, 0.1) is 6.20 Å². The molecule has 0 amide bonds. The zero-order chi connectivity index (χ0) is 13.1. The van der Waals surface area contributed by atoms with Gasteiger partial charge in [-0.05, 0) is 18.6 Å². The molecule has 7 heteroatoms. The zero-order valence-corrected chi connectivity index (χ0v) is 10.2. The number of nitrogens with zero attached hydrogens (tertiary/aromatic N) is 2. The van der Waals surface area contributed by atoms with Gasteiger partial charge in [-0.3, -0.25) is 5.43 Å². The first kappa shape index (κ1) is 12.5. The Kier molecular flexibility index (Phi) is 3.59. The summed E-state index contributed by atoms with van der Waals surface area (Å²) in [5.41, 5.74) is 3.03. The van der Waals surface area contributed by atoms with Gasteiger partial charge in [0.1, 0.15) is 16.6 Å². The molecule has 0 aliphatic carbocycles. The number of nitrogens with two attached hydrogens (primary N) is 1. The largest absolute Gasteiger partial charge is 0.437 e. The number of aryl methyl sites for hydroxylation is 1. The zero-order valence-electron chi connectivity index (χ0n) is 9.45. The van der Waals surface area contributed by atoms with Crippen LogP contribution in [0.3, 0.4) is 0 Å². The first-order valence-electron chi connectivity index (χ1n) is 5.03. The molecule has 0 unspecified atom stereocenters. The van der Waals surface area contributed by atoms with Crippen LogP contribution in [0.15, 0.2) is 24.4 Å². The molecule has 2 aromatic rings. The number of anilines is 1. The lowest BCUT2D eigenvalue weighted by Gasteiger charge is -2.09. The molecule has 1 aromatic heterocycles. The van der Waals surface area contributed by atoms with Gasteiger partial charge in [0.25, 0.3) is 0 Å². The highest BCUT2D eigenvalue weighted by Crippen LogP contribution is 2.29. The fraction of sp³-hybridized carbons (Fsp3) is 0.0909. The standard InChI is InChI=1S/C11H10ClFN4O/c1-6-2-3-7(13)4-9(6)18-10-8(12)5-15-11(16-10)17-14/h2-5H,14H2,1H3,(H,15,16,17). The summed E-state index contributed by atoms with van der Waals surface area (Å²) >= 11 is 5.88. The van der Waals surface area contributed by atoms with Crippen LogP contribution in [-0.2, 0) is 0 Å². The van der Waals surface area contributed by atoms with Crippen molar-refractivity contribution in [3.05, 3.63) is 40.8 Å². The Labute approximate surface area is 108 Å². The molecule has 2 rings (SSSR count). The van der Waals surface area contributed by atoms with Gasteiger partial charge in [0.15, 0.2) is 0 Å². The summed E-state index contributed by atoms with van der Waals surface area (Å²) in [5.74, 6) is 5.37. The second-order valence-electron chi connectivity index (χ2n) is 3.50. The van der Waals surface area contributed by atoms with E-state index in [2.05, 4.69) is 15.4 Å². The van der Waals surface area contributed by atoms with Crippen LogP contribution in [0.25, 0.3) is 0 Å². The first-order valence-corrected chi connectivity index (χ1v) is 5.41. The van der Waals surface area contributed by atoms with Crippen LogP contribution in [0.4, 0.5) is 10.3 Å². The molecule has 0 radical (unpaired) electrons. The molecule has 0 saturated heterocycles. The van der Waals surface area contributed by atoms with Crippen LogP contribution in [0, 0.1) is 12.7 Å². The summed E-state index contributed by atoms with van der Waals surface area (Å²) in [7, 11) is 0. The topological polar surface area (TPSA) is 73.1 Å².